The Kier molecular flexibility index (Phi) is 17.6. The van der Waals surface area contributed by atoms with Crippen molar-refractivity contribution in [3.05, 3.63) is 75.2 Å². The number of aliphatic hydroxyl groups excluding tert-OH is 2. The van der Waals surface area contributed by atoms with Gasteiger partial charge in [0.1, 0.15) is 61.1 Å². The topological polar surface area (TPSA) is 208 Å². The largest absolute Gasteiger partial charge is 0.456 e. The summed E-state index contributed by atoms with van der Waals surface area (Å²) >= 11 is 16.9. The van der Waals surface area contributed by atoms with Gasteiger partial charge in [0, 0.05) is 92.0 Å². The molecule has 5 saturated heterocycles. The zero-order valence-electron chi connectivity index (χ0n) is 45.0. The minimum absolute atomic E-state index is 0.219. The number of imidazole rings is 2. The number of pyridine rings is 2. The Hall–Kier alpha value is -3.80. The molecule has 6 aromatic rings. The van der Waals surface area contributed by atoms with Gasteiger partial charge in [0.05, 0.1) is 47.9 Å². The number of fused-ring (bicyclic) bond motifs is 4. The maximum Gasteiger partial charge on any atom is 0.301 e. The molecule has 5 fully saturated rings. The van der Waals surface area contributed by atoms with E-state index >= 15 is 0 Å². The Labute approximate surface area is 475 Å². The summed E-state index contributed by atoms with van der Waals surface area (Å²) in [5, 5.41) is 21.2. The van der Waals surface area contributed by atoms with Gasteiger partial charge in [0.15, 0.2) is 23.5 Å². The predicted molar refractivity (Wildman–Crippen MR) is 310 cm³/mol. The summed E-state index contributed by atoms with van der Waals surface area (Å²) < 4.78 is 69.1. The molecule has 9 heterocycles. The zero-order chi connectivity index (χ0) is 55.1. The van der Waals surface area contributed by atoms with Crippen LogP contribution >= 0.6 is 39.1 Å². The third-order valence-electron chi connectivity index (χ3n) is 14.5. The van der Waals surface area contributed by atoms with Gasteiger partial charge >= 0.3 is 12.0 Å². The standard InChI is InChI=1S/C29H40ClN5O6SSi.C24H29BrClN3O5Si/c1-31-42(37)12-9-34(10-13-42)20-7-5-19(6-8-20)25-21(30)15-22-28(33-25)35(18-38-11-14-43(2,3)4)29(32-22)41-24-17-40-26-23(36)16-39-27(24)26;1-35(2,3)9-8-31-13-29-23-17(10-16(26)20(28-23)14-4-6-15(25)7-5-14)27-24(29)34-19-12-33-21-18(30)11-32-22(19)21/h5-8,15,23-24,26-27,36H,9-14,16-18H2,1-4H3;4-7,10,18-19,21-22,30H,8-9,11-13H2,1-3H3/t23-,24-,26-,27-;18-,19-,21-,22-/m11/s1. The number of rotatable bonds is 17. The zero-order valence-corrected chi connectivity index (χ0v) is 50.9. The Morgan fingerprint density at radius 1 is 0.654 bits per heavy atom. The highest BCUT2D eigenvalue weighted by atomic mass is 79.9. The highest BCUT2D eigenvalue weighted by molar-refractivity contribution is 9.10. The third-order valence-corrected chi connectivity index (χ3v) is 21.3. The lowest BCUT2D eigenvalue weighted by atomic mass is 10.1. The molecule has 4 aromatic heterocycles. The van der Waals surface area contributed by atoms with Crippen molar-refractivity contribution in [2.75, 3.05) is 76.2 Å². The molecule has 78 heavy (non-hydrogen) atoms. The van der Waals surface area contributed by atoms with Crippen LogP contribution < -0.4 is 14.4 Å². The fourth-order valence-electron chi connectivity index (χ4n) is 9.85. The number of benzene rings is 2. The van der Waals surface area contributed by atoms with Gasteiger partial charge < -0.3 is 53.0 Å². The van der Waals surface area contributed by atoms with Crippen molar-refractivity contribution >= 4 is 93.0 Å². The molecule has 0 unspecified atom stereocenters. The van der Waals surface area contributed by atoms with Crippen LogP contribution in [0, 0.1) is 0 Å². The van der Waals surface area contributed by atoms with Gasteiger partial charge in [-0.15, -0.1) is 0 Å². The maximum atomic E-state index is 12.6. The summed E-state index contributed by atoms with van der Waals surface area (Å²) in [4.78, 5) is 21.5. The molecule has 0 bridgehead atoms. The minimum atomic E-state index is -2.08. The van der Waals surface area contributed by atoms with Crippen LogP contribution in [0.5, 0.6) is 12.0 Å². The number of aliphatic hydroxyl groups is 2. The molecule has 0 amide bonds. The lowest BCUT2D eigenvalue weighted by Gasteiger charge is -2.30. The summed E-state index contributed by atoms with van der Waals surface area (Å²) in [6, 6.07) is 22.3. The maximum absolute atomic E-state index is 12.6. The average molecular weight is 1230 g/mol. The highest BCUT2D eigenvalue weighted by Crippen LogP contribution is 2.37. The molecule has 2 N–H and O–H groups in total. The first kappa shape index (κ1) is 57.4. The Balaban J connectivity index is 0.000000180. The molecule has 11 rings (SSSR count). The van der Waals surface area contributed by atoms with E-state index in [9.17, 15) is 14.4 Å². The fourth-order valence-corrected chi connectivity index (χ4v) is 13.7. The summed E-state index contributed by atoms with van der Waals surface area (Å²) in [5.41, 5.74) is 6.55. The quantitative estimate of drug-likeness (QED) is 0.0647. The lowest BCUT2D eigenvalue weighted by Crippen LogP contribution is -2.40. The van der Waals surface area contributed by atoms with Gasteiger partial charge in [-0.3, -0.25) is 9.13 Å². The van der Waals surface area contributed by atoms with Crippen molar-refractivity contribution in [1.82, 2.24) is 29.1 Å². The third kappa shape index (κ3) is 13.1. The Bertz CT molecular complexity index is 3200. The number of hydrogen-bond acceptors (Lipinski definition) is 17. The number of ether oxygens (including phenoxy) is 8. The van der Waals surface area contributed by atoms with Gasteiger partial charge in [0.25, 0.3) is 0 Å². The van der Waals surface area contributed by atoms with Crippen LogP contribution in [0.15, 0.2) is 69.5 Å². The van der Waals surface area contributed by atoms with Gasteiger partial charge in [-0.1, -0.05) is 103 Å². The average Bonchev–Trinajstić information content (AvgIpc) is 4.27. The fraction of sp³-hybridized carbons (Fsp3) is 0.547. The van der Waals surface area contributed by atoms with Crippen molar-refractivity contribution in [3.63, 3.8) is 0 Å². The van der Waals surface area contributed by atoms with E-state index in [1.807, 2.05) is 57.7 Å². The molecule has 0 saturated carbocycles. The van der Waals surface area contributed by atoms with Crippen LogP contribution in [0.1, 0.15) is 0 Å². The molecule has 422 valence electrons. The van der Waals surface area contributed by atoms with E-state index in [4.69, 9.17) is 76.0 Å². The summed E-state index contributed by atoms with van der Waals surface area (Å²) in [5.74, 6) is 1.15. The van der Waals surface area contributed by atoms with Crippen molar-refractivity contribution in [2.45, 2.75) is 114 Å². The minimum Gasteiger partial charge on any atom is -0.456 e. The summed E-state index contributed by atoms with van der Waals surface area (Å²) in [6.07, 6.45) is -3.64. The number of nitrogens with zero attached hydrogens (tertiary/aromatic N) is 8. The van der Waals surface area contributed by atoms with Crippen molar-refractivity contribution < 1.29 is 52.3 Å². The predicted octanol–water partition coefficient (Wildman–Crippen LogP) is 8.62. The molecule has 8 atom stereocenters. The van der Waals surface area contributed by atoms with E-state index in [2.05, 4.69) is 69.5 Å². The van der Waals surface area contributed by atoms with E-state index in [1.54, 1.807) is 19.2 Å². The van der Waals surface area contributed by atoms with Crippen molar-refractivity contribution in [2.24, 2.45) is 4.36 Å². The van der Waals surface area contributed by atoms with Crippen LogP contribution in [0.3, 0.4) is 0 Å². The van der Waals surface area contributed by atoms with Crippen LogP contribution in [0.25, 0.3) is 44.8 Å². The SMILES string of the molecule is CN=S1(=O)CCN(c2ccc(-c3nc4c(cc3Cl)nc(O[C@@H]3CO[C@H]5[C@@H]3OC[C@H]5O)n4COCC[Si](C)(C)C)cc2)CC1.C[Si](C)(C)CCOCn1c(O[C@@H]2CO[C@H]3[C@@H]2OC[C@H]3O)nc2cc(Cl)c(-c3ccc(Br)cc3)nc21. The van der Waals surface area contributed by atoms with Gasteiger partial charge in [-0.05, 0) is 48.5 Å². The first-order valence-electron chi connectivity index (χ1n) is 26.4. The van der Waals surface area contributed by atoms with E-state index < -0.39 is 56.4 Å². The Morgan fingerprint density at radius 2 is 1.08 bits per heavy atom. The molecule has 0 aliphatic carbocycles. The molecule has 5 aliphatic heterocycles. The second-order valence-corrected chi connectivity index (χ2v) is 38.4. The molecular formula is C53H69BrCl2N8O11SSi2. The number of hydrogen-bond donors (Lipinski definition) is 2. The van der Waals surface area contributed by atoms with E-state index in [0.717, 1.165) is 33.4 Å². The normalized spacial score (nSPS) is 24.8. The molecule has 5 aliphatic rings. The van der Waals surface area contributed by atoms with Crippen LogP contribution in [0.4, 0.5) is 5.69 Å². The van der Waals surface area contributed by atoms with Gasteiger partial charge in [-0.25, -0.2) is 18.5 Å². The van der Waals surface area contributed by atoms with E-state index in [0.29, 0.717) is 107 Å². The molecule has 25 heteroatoms. The van der Waals surface area contributed by atoms with Crippen molar-refractivity contribution in [1.29, 1.82) is 0 Å². The first-order valence-corrected chi connectivity index (χ1v) is 37.2. The van der Waals surface area contributed by atoms with E-state index in [-0.39, 0.29) is 45.0 Å². The second kappa shape index (κ2) is 24.0. The molecular weight excluding hydrogens is 1160 g/mol. The van der Waals surface area contributed by atoms with Crippen molar-refractivity contribution in [3.8, 4) is 34.5 Å². The first-order chi connectivity index (χ1) is 37.2. The molecule has 0 spiro atoms. The number of anilines is 1. The van der Waals surface area contributed by atoms with Gasteiger partial charge in [0.2, 0.25) is 0 Å². The number of halogens is 3. The van der Waals surface area contributed by atoms with E-state index in [1.165, 1.54) is 0 Å². The molecule has 19 nitrogen and oxygen atoms in total. The van der Waals surface area contributed by atoms with Gasteiger partial charge in [-0.2, -0.15) is 9.97 Å². The van der Waals surface area contributed by atoms with Crippen LogP contribution in [-0.2, 0) is 51.6 Å². The Morgan fingerprint density at radius 3 is 1.50 bits per heavy atom. The molecule has 2 aromatic carbocycles. The second-order valence-electron chi connectivity index (χ2n) is 22.7. The smallest absolute Gasteiger partial charge is 0.301 e. The highest BCUT2D eigenvalue weighted by Gasteiger charge is 2.50. The molecule has 0 radical (unpaired) electrons. The van der Waals surface area contributed by atoms with Crippen LogP contribution in [0.2, 0.25) is 61.4 Å². The van der Waals surface area contributed by atoms with Crippen LogP contribution in [-0.4, -0.2) is 180 Å². The lowest BCUT2D eigenvalue weighted by molar-refractivity contribution is 0.00332. The summed E-state index contributed by atoms with van der Waals surface area (Å²) in [6.45, 7) is 18.1. The number of aromatic nitrogens is 6. The monoisotopic (exact) mass is 1230 g/mol. The summed E-state index contributed by atoms with van der Waals surface area (Å²) in [7, 11) is -2.94.